The van der Waals surface area contributed by atoms with Gasteiger partial charge >= 0.3 is 18.2 Å². The van der Waals surface area contributed by atoms with Crippen LogP contribution in [0.4, 0.5) is 18.0 Å². The molecule has 2 aliphatic rings. The molecule has 2 heterocycles. The van der Waals surface area contributed by atoms with Gasteiger partial charge in [-0.2, -0.15) is 18.3 Å². The summed E-state index contributed by atoms with van der Waals surface area (Å²) in [7, 11) is 0. The highest BCUT2D eigenvalue weighted by molar-refractivity contribution is 5.73. The Labute approximate surface area is 179 Å². The van der Waals surface area contributed by atoms with Gasteiger partial charge in [0.1, 0.15) is 0 Å². The predicted octanol–water partition coefficient (Wildman–Crippen LogP) is 3.42. The molecule has 0 unspecified atom stereocenters. The van der Waals surface area contributed by atoms with Gasteiger partial charge in [-0.3, -0.25) is 9.58 Å². The Morgan fingerprint density at radius 1 is 1.32 bits per heavy atom. The fourth-order valence-electron chi connectivity index (χ4n) is 4.02. The highest BCUT2D eigenvalue weighted by atomic mass is 19.4. The van der Waals surface area contributed by atoms with E-state index < -0.39 is 12.1 Å². The summed E-state index contributed by atoms with van der Waals surface area (Å²) in [6.45, 7) is 10.1. The number of likely N-dealkylation sites (tertiary alicyclic amines) is 1. The molecule has 1 saturated carbocycles. The minimum absolute atomic E-state index is 0.0562. The Morgan fingerprint density at radius 3 is 2.35 bits per heavy atom. The summed E-state index contributed by atoms with van der Waals surface area (Å²) >= 11 is 0. The fourth-order valence-corrected chi connectivity index (χ4v) is 4.02. The van der Waals surface area contributed by atoms with Crippen molar-refractivity contribution in [3.8, 4) is 0 Å². The van der Waals surface area contributed by atoms with Crippen molar-refractivity contribution in [1.29, 1.82) is 0 Å². The number of carbonyl (C=O) groups excluding carboxylic acids is 1. The van der Waals surface area contributed by atoms with E-state index in [-0.39, 0.29) is 12.2 Å². The van der Waals surface area contributed by atoms with E-state index in [9.17, 15) is 18.0 Å². The number of carboxylic acids is 1. The second-order valence-electron chi connectivity index (χ2n) is 8.49. The standard InChI is InChI=1S/C18H30N4O2.C2HF3O2/c1-4-22-13-15(11-19-22)12-21-7-5-18(6-8-21)9-16(10-18)20-17(23)24-14(2)3;3-2(4,5)1(6)7/h11,13-14,16H,4-10,12H2,1-3H3,(H,20,23);(H,6,7). The Morgan fingerprint density at radius 2 is 1.90 bits per heavy atom. The zero-order valence-corrected chi connectivity index (χ0v) is 18.1. The van der Waals surface area contributed by atoms with E-state index >= 15 is 0 Å². The number of aliphatic carboxylic acids is 1. The quantitative estimate of drug-likeness (QED) is 0.717. The molecule has 1 saturated heterocycles. The third-order valence-electron chi connectivity index (χ3n) is 5.60. The fraction of sp³-hybridized carbons (Fsp3) is 0.750. The van der Waals surface area contributed by atoms with Crippen molar-refractivity contribution < 1.29 is 32.6 Å². The number of ether oxygens (including phenoxy) is 1. The summed E-state index contributed by atoms with van der Waals surface area (Å²) in [5.74, 6) is -2.76. The topological polar surface area (TPSA) is 96.7 Å². The number of carbonyl (C=O) groups is 2. The monoisotopic (exact) mass is 448 g/mol. The lowest BCUT2D eigenvalue weighted by Crippen LogP contribution is -2.55. The van der Waals surface area contributed by atoms with Gasteiger partial charge in [-0.05, 0) is 65.0 Å². The van der Waals surface area contributed by atoms with Crippen molar-refractivity contribution in [2.75, 3.05) is 13.1 Å². The number of nitrogens with one attached hydrogen (secondary N) is 1. The van der Waals surface area contributed by atoms with Gasteiger partial charge in [-0.1, -0.05) is 0 Å². The lowest BCUT2D eigenvalue weighted by atomic mass is 9.60. The number of hydrogen-bond acceptors (Lipinski definition) is 5. The Bertz CT molecular complexity index is 735. The third-order valence-corrected chi connectivity index (χ3v) is 5.60. The number of rotatable bonds is 5. The molecule has 3 rings (SSSR count). The van der Waals surface area contributed by atoms with Crippen LogP contribution in [0.15, 0.2) is 12.4 Å². The molecule has 176 valence electrons. The van der Waals surface area contributed by atoms with Gasteiger partial charge in [0, 0.05) is 30.9 Å². The molecule has 2 fully saturated rings. The number of alkyl halides is 3. The van der Waals surface area contributed by atoms with Crippen molar-refractivity contribution in [2.45, 2.75) is 77.9 Å². The molecule has 1 aliphatic carbocycles. The van der Waals surface area contributed by atoms with E-state index in [4.69, 9.17) is 14.6 Å². The average Bonchev–Trinajstić information content (AvgIpc) is 3.09. The summed E-state index contributed by atoms with van der Waals surface area (Å²) in [6.07, 6.45) is 3.38. The van der Waals surface area contributed by atoms with Crippen LogP contribution in [-0.4, -0.2) is 63.3 Å². The van der Waals surface area contributed by atoms with Gasteiger partial charge in [-0.25, -0.2) is 9.59 Å². The number of carboxylic acid groups (broad SMARTS) is 1. The Balaban J connectivity index is 0.000000423. The largest absolute Gasteiger partial charge is 0.490 e. The van der Waals surface area contributed by atoms with Crippen LogP contribution in [0, 0.1) is 5.41 Å². The van der Waals surface area contributed by atoms with E-state index in [1.165, 1.54) is 18.4 Å². The minimum atomic E-state index is -5.08. The van der Waals surface area contributed by atoms with E-state index in [2.05, 4.69) is 28.4 Å². The van der Waals surface area contributed by atoms with Crippen LogP contribution in [0.5, 0.6) is 0 Å². The molecule has 0 bridgehead atoms. The smallest absolute Gasteiger partial charge is 0.475 e. The van der Waals surface area contributed by atoms with Gasteiger partial charge in [0.15, 0.2) is 0 Å². The Hall–Kier alpha value is -2.30. The zero-order chi connectivity index (χ0) is 23.2. The summed E-state index contributed by atoms with van der Waals surface area (Å²) in [6, 6.07) is 0.297. The van der Waals surface area contributed by atoms with E-state index in [0.29, 0.717) is 11.5 Å². The molecule has 1 aromatic heterocycles. The van der Waals surface area contributed by atoms with Gasteiger partial charge < -0.3 is 15.2 Å². The number of alkyl carbamates (subject to hydrolysis) is 1. The molecule has 31 heavy (non-hydrogen) atoms. The maximum atomic E-state index is 11.7. The number of aromatic nitrogens is 2. The number of piperidine rings is 1. The van der Waals surface area contributed by atoms with E-state index in [1.54, 1.807) is 0 Å². The van der Waals surface area contributed by atoms with Crippen molar-refractivity contribution in [3.63, 3.8) is 0 Å². The maximum Gasteiger partial charge on any atom is 0.490 e. The molecule has 1 spiro atoms. The molecule has 1 aromatic rings. The zero-order valence-electron chi connectivity index (χ0n) is 18.1. The summed E-state index contributed by atoms with van der Waals surface area (Å²) in [5, 5.41) is 14.5. The normalized spacial score (nSPS) is 18.8. The SMILES string of the molecule is CCn1cc(CN2CCC3(CC2)CC(NC(=O)OC(C)C)C3)cn1.O=C(O)C(F)(F)F. The second kappa shape index (κ2) is 10.3. The van der Waals surface area contributed by atoms with Crippen molar-refractivity contribution in [1.82, 2.24) is 20.0 Å². The van der Waals surface area contributed by atoms with E-state index in [0.717, 1.165) is 39.0 Å². The number of halogens is 3. The second-order valence-corrected chi connectivity index (χ2v) is 8.49. The number of hydrogen-bond donors (Lipinski definition) is 2. The molecular formula is C20H31F3N4O4. The van der Waals surface area contributed by atoms with Crippen molar-refractivity contribution in [2.24, 2.45) is 5.41 Å². The van der Waals surface area contributed by atoms with Crippen LogP contribution in [0.25, 0.3) is 0 Å². The molecule has 2 N–H and O–H groups in total. The average molecular weight is 448 g/mol. The van der Waals surface area contributed by atoms with Gasteiger partial charge in [0.05, 0.1) is 12.3 Å². The van der Waals surface area contributed by atoms with Crippen LogP contribution >= 0.6 is 0 Å². The van der Waals surface area contributed by atoms with Crippen molar-refractivity contribution >= 4 is 12.1 Å². The summed E-state index contributed by atoms with van der Waals surface area (Å²) in [4.78, 5) is 23.1. The molecule has 1 amide bonds. The molecule has 11 heteroatoms. The highest BCUT2D eigenvalue weighted by Gasteiger charge is 2.46. The third kappa shape index (κ3) is 7.71. The van der Waals surface area contributed by atoms with E-state index in [1.807, 2.05) is 24.7 Å². The summed E-state index contributed by atoms with van der Waals surface area (Å²) < 4.78 is 38.9. The highest BCUT2D eigenvalue weighted by Crippen LogP contribution is 2.49. The summed E-state index contributed by atoms with van der Waals surface area (Å²) in [5.41, 5.74) is 1.75. The van der Waals surface area contributed by atoms with Crippen LogP contribution < -0.4 is 5.32 Å². The molecule has 8 nitrogen and oxygen atoms in total. The van der Waals surface area contributed by atoms with Crippen LogP contribution in [-0.2, 0) is 22.6 Å². The van der Waals surface area contributed by atoms with Crippen LogP contribution in [0.1, 0.15) is 52.0 Å². The van der Waals surface area contributed by atoms with Gasteiger partial charge in [-0.15, -0.1) is 0 Å². The van der Waals surface area contributed by atoms with Crippen LogP contribution in [0.2, 0.25) is 0 Å². The maximum absolute atomic E-state index is 11.7. The number of amides is 1. The first-order valence-electron chi connectivity index (χ1n) is 10.4. The van der Waals surface area contributed by atoms with Gasteiger partial charge in [0.25, 0.3) is 0 Å². The Kier molecular flexibility index (Phi) is 8.33. The minimum Gasteiger partial charge on any atom is -0.475 e. The van der Waals surface area contributed by atoms with Crippen molar-refractivity contribution in [3.05, 3.63) is 18.0 Å². The molecule has 0 aromatic carbocycles. The number of nitrogens with zero attached hydrogens (tertiary/aromatic N) is 3. The van der Waals surface area contributed by atoms with Gasteiger partial charge in [0.2, 0.25) is 0 Å². The molecular weight excluding hydrogens is 417 g/mol. The first-order chi connectivity index (χ1) is 14.4. The molecule has 0 radical (unpaired) electrons. The number of aryl methyl sites for hydroxylation is 1. The lowest BCUT2D eigenvalue weighted by Gasteiger charge is -2.52. The van der Waals surface area contributed by atoms with Crippen LogP contribution in [0.3, 0.4) is 0 Å². The first kappa shape index (κ1) is 25.0. The molecule has 1 aliphatic heterocycles. The predicted molar refractivity (Wildman–Crippen MR) is 106 cm³/mol. The first-order valence-corrected chi connectivity index (χ1v) is 10.4. The lowest BCUT2D eigenvalue weighted by molar-refractivity contribution is -0.192. The molecule has 0 atom stereocenters.